The van der Waals surface area contributed by atoms with Crippen LogP contribution in [0.5, 0.6) is 5.75 Å². The molecular formula is C19H14FN5O3. The first-order valence-electron chi connectivity index (χ1n) is 8.31. The van der Waals surface area contributed by atoms with Crippen LogP contribution in [-0.4, -0.2) is 32.0 Å². The van der Waals surface area contributed by atoms with Crippen molar-refractivity contribution in [2.24, 2.45) is 0 Å². The summed E-state index contributed by atoms with van der Waals surface area (Å²) in [7, 11) is 0. The van der Waals surface area contributed by atoms with Crippen molar-refractivity contribution in [1.82, 2.24) is 19.4 Å². The number of rotatable bonds is 5. The fourth-order valence-electron chi connectivity index (χ4n) is 2.59. The Bertz CT molecular complexity index is 1190. The molecule has 4 rings (SSSR count). The highest BCUT2D eigenvalue weighted by Gasteiger charge is 2.13. The van der Waals surface area contributed by atoms with Crippen molar-refractivity contribution >= 4 is 16.9 Å². The lowest BCUT2D eigenvalue weighted by Crippen LogP contribution is -2.35. The van der Waals surface area contributed by atoms with E-state index in [1.165, 1.54) is 41.5 Å². The summed E-state index contributed by atoms with van der Waals surface area (Å²) < 4.78 is 20.8. The molecule has 4 aromatic rings. The van der Waals surface area contributed by atoms with Gasteiger partial charge in [-0.15, -0.1) is 0 Å². The van der Waals surface area contributed by atoms with E-state index in [-0.39, 0.29) is 17.8 Å². The van der Waals surface area contributed by atoms with E-state index >= 15 is 0 Å². The number of benzene rings is 2. The topological polar surface area (TPSA) is 91.0 Å². The molecule has 0 unspecified atom stereocenters. The van der Waals surface area contributed by atoms with Gasteiger partial charge in [0.1, 0.15) is 23.3 Å². The zero-order valence-electron chi connectivity index (χ0n) is 14.4. The lowest BCUT2D eigenvalue weighted by molar-refractivity contribution is -0.119. The van der Waals surface area contributed by atoms with E-state index in [0.717, 1.165) is 4.68 Å². The Morgan fingerprint density at radius 3 is 2.61 bits per heavy atom. The molecule has 0 radical (unpaired) electrons. The summed E-state index contributed by atoms with van der Waals surface area (Å²) in [5.41, 5.74) is 2.78. The van der Waals surface area contributed by atoms with E-state index in [9.17, 15) is 14.0 Å². The second kappa shape index (κ2) is 7.31. The maximum Gasteiger partial charge on any atom is 0.283 e. The second-order valence-electron chi connectivity index (χ2n) is 5.83. The molecule has 0 saturated carbocycles. The first kappa shape index (κ1) is 17.4. The van der Waals surface area contributed by atoms with Gasteiger partial charge >= 0.3 is 0 Å². The zero-order valence-corrected chi connectivity index (χ0v) is 14.4. The van der Waals surface area contributed by atoms with Crippen LogP contribution in [0.25, 0.3) is 16.7 Å². The molecule has 9 heteroatoms. The fourth-order valence-corrected chi connectivity index (χ4v) is 2.59. The van der Waals surface area contributed by atoms with Gasteiger partial charge in [0, 0.05) is 0 Å². The molecule has 2 aromatic carbocycles. The van der Waals surface area contributed by atoms with Gasteiger partial charge in [-0.3, -0.25) is 15.0 Å². The summed E-state index contributed by atoms with van der Waals surface area (Å²) in [6.07, 6.45) is 2.53. The Balaban J connectivity index is 1.54. The summed E-state index contributed by atoms with van der Waals surface area (Å²) >= 11 is 0. The highest BCUT2D eigenvalue weighted by molar-refractivity contribution is 5.85. The fraction of sp³-hybridized carbons (Fsp3) is 0.0526. The van der Waals surface area contributed by atoms with E-state index in [2.05, 4.69) is 15.5 Å². The molecule has 0 aliphatic rings. The average Bonchev–Trinajstić information content (AvgIpc) is 3.15. The Morgan fingerprint density at radius 1 is 1.11 bits per heavy atom. The smallest absolute Gasteiger partial charge is 0.283 e. The van der Waals surface area contributed by atoms with Crippen molar-refractivity contribution in [3.8, 4) is 11.4 Å². The van der Waals surface area contributed by atoms with Gasteiger partial charge in [0.25, 0.3) is 11.5 Å². The van der Waals surface area contributed by atoms with Crippen molar-refractivity contribution in [3.05, 3.63) is 83.3 Å². The number of nitrogens with zero attached hydrogens (tertiary/aromatic N) is 4. The maximum atomic E-state index is 13.1. The number of para-hydroxylation sites is 1. The highest BCUT2D eigenvalue weighted by Crippen LogP contribution is 2.14. The summed E-state index contributed by atoms with van der Waals surface area (Å²) in [4.78, 5) is 28.8. The van der Waals surface area contributed by atoms with Crippen molar-refractivity contribution in [1.29, 1.82) is 0 Å². The Labute approximate surface area is 157 Å². The number of fused-ring (bicyclic) bond motifs is 1. The second-order valence-corrected chi connectivity index (χ2v) is 5.83. The van der Waals surface area contributed by atoms with Crippen LogP contribution in [0.15, 0.2) is 71.9 Å². The van der Waals surface area contributed by atoms with Crippen LogP contribution in [-0.2, 0) is 4.79 Å². The molecule has 1 amide bonds. The lowest BCUT2D eigenvalue weighted by Gasteiger charge is -2.09. The summed E-state index contributed by atoms with van der Waals surface area (Å²) in [5, 5.41) is 4.34. The standard InChI is InChI=1S/C19H14FN5O3/c20-13-6-8-14(9-7-13)25-18-16(10-22-25)19(27)24(12-21-18)23-17(26)11-28-15-4-2-1-3-5-15/h1-10,12H,11H2,(H,23,26). The summed E-state index contributed by atoms with van der Waals surface area (Å²) in [5.74, 6) is -0.354. The van der Waals surface area contributed by atoms with Crippen LogP contribution in [0.3, 0.4) is 0 Å². The van der Waals surface area contributed by atoms with Gasteiger partial charge in [0.2, 0.25) is 0 Å². The minimum Gasteiger partial charge on any atom is -0.484 e. The van der Waals surface area contributed by atoms with E-state index in [1.807, 2.05) is 6.07 Å². The van der Waals surface area contributed by atoms with E-state index in [1.54, 1.807) is 24.3 Å². The molecule has 140 valence electrons. The van der Waals surface area contributed by atoms with Crippen molar-refractivity contribution in [2.45, 2.75) is 0 Å². The molecule has 8 nitrogen and oxygen atoms in total. The van der Waals surface area contributed by atoms with Gasteiger partial charge in [-0.25, -0.2) is 18.7 Å². The van der Waals surface area contributed by atoms with Crippen LogP contribution in [0, 0.1) is 5.82 Å². The molecule has 0 saturated heterocycles. The molecule has 1 N–H and O–H groups in total. The minimum absolute atomic E-state index is 0.205. The Kier molecular flexibility index (Phi) is 4.55. The molecule has 0 fully saturated rings. The molecule has 2 heterocycles. The number of carbonyl (C=O) groups is 1. The van der Waals surface area contributed by atoms with Gasteiger partial charge in [-0.1, -0.05) is 18.2 Å². The number of hydrogen-bond donors (Lipinski definition) is 1. The molecule has 0 bridgehead atoms. The number of carbonyl (C=O) groups excluding carboxylic acids is 1. The Hall–Kier alpha value is -4.01. The summed E-state index contributed by atoms with van der Waals surface area (Å²) in [6.45, 7) is -0.261. The number of halogens is 1. The molecular weight excluding hydrogens is 365 g/mol. The van der Waals surface area contributed by atoms with E-state index in [0.29, 0.717) is 17.1 Å². The van der Waals surface area contributed by atoms with Gasteiger partial charge in [-0.2, -0.15) is 5.10 Å². The molecule has 0 aliphatic carbocycles. The third kappa shape index (κ3) is 3.45. The van der Waals surface area contributed by atoms with Gasteiger partial charge in [-0.05, 0) is 36.4 Å². The average molecular weight is 379 g/mol. The minimum atomic E-state index is -0.516. The van der Waals surface area contributed by atoms with Crippen LogP contribution in [0.2, 0.25) is 0 Å². The normalized spacial score (nSPS) is 10.8. The number of hydrogen-bond acceptors (Lipinski definition) is 5. The van der Waals surface area contributed by atoms with Gasteiger partial charge < -0.3 is 4.74 Å². The maximum absolute atomic E-state index is 13.1. The van der Waals surface area contributed by atoms with Gasteiger partial charge in [0.05, 0.1) is 11.9 Å². The van der Waals surface area contributed by atoms with E-state index < -0.39 is 11.5 Å². The van der Waals surface area contributed by atoms with Crippen LogP contribution in [0.1, 0.15) is 0 Å². The molecule has 0 atom stereocenters. The third-order valence-corrected chi connectivity index (χ3v) is 3.92. The zero-order chi connectivity index (χ0) is 19.5. The van der Waals surface area contributed by atoms with Crippen molar-refractivity contribution in [3.63, 3.8) is 0 Å². The SMILES string of the molecule is O=C(COc1ccccc1)Nn1cnc2c(cnn2-c2ccc(F)cc2)c1=O. The number of ether oxygens (including phenoxy) is 1. The molecule has 0 spiro atoms. The van der Waals surface area contributed by atoms with Gasteiger partial charge in [0.15, 0.2) is 12.3 Å². The summed E-state index contributed by atoms with van der Waals surface area (Å²) in [6, 6.07) is 14.5. The predicted molar refractivity (Wildman–Crippen MR) is 99.4 cm³/mol. The highest BCUT2D eigenvalue weighted by atomic mass is 19.1. The van der Waals surface area contributed by atoms with Crippen LogP contribution < -0.4 is 15.7 Å². The number of amides is 1. The Morgan fingerprint density at radius 2 is 1.86 bits per heavy atom. The molecule has 2 aromatic heterocycles. The number of aromatic nitrogens is 4. The largest absolute Gasteiger partial charge is 0.484 e. The van der Waals surface area contributed by atoms with Crippen LogP contribution in [0.4, 0.5) is 4.39 Å². The van der Waals surface area contributed by atoms with Crippen LogP contribution >= 0.6 is 0 Å². The predicted octanol–water partition coefficient (Wildman–Crippen LogP) is 1.87. The third-order valence-electron chi connectivity index (χ3n) is 3.92. The monoisotopic (exact) mass is 379 g/mol. The number of nitrogens with one attached hydrogen (secondary N) is 1. The quantitative estimate of drug-likeness (QED) is 0.572. The van der Waals surface area contributed by atoms with E-state index in [4.69, 9.17) is 4.74 Å². The van der Waals surface area contributed by atoms with Crippen molar-refractivity contribution < 1.29 is 13.9 Å². The first-order valence-corrected chi connectivity index (χ1v) is 8.31. The lowest BCUT2D eigenvalue weighted by atomic mass is 10.3. The molecule has 28 heavy (non-hydrogen) atoms. The first-order chi connectivity index (χ1) is 13.6. The van der Waals surface area contributed by atoms with Crippen molar-refractivity contribution in [2.75, 3.05) is 12.0 Å². The molecule has 0 aliphatic heterocycles.